The van der Waals surface area contributed by atoms with Gasteiger partial charge in [-0.3, -0.25) is 9.69 Å². The number of imide groups is 1. The summed E-state index contributed by atoms with van der Waals surface area (Å²) in [6, 6.07) is -1.30. The summed E-state index contributed by atoms with van der Waals surface area (Å²) >= 11 is 0. The lowest BCUT2D eigenvalue weighted by molar-refractivity contribution is -0.142. The maximum Gasteiger partial charge on any atom is 0.331 e. The van der Waals surface area contributed by atoms with Crippen LogP contribution in [0.4, 0.5) is 4.79 Å². The summed E-state index contributed by atoms with van der Waals surface area (Å²) in [6.07, 6.45) is 1.79. The number of amides is 3. The molecule has 1 aliphatic rings. The fourth-order valence-corrected chi connectivity index (χ4v) is 1.45. The van der Waals surface area contributed by atoms with Crippen molar-refractivity contribution in [2.24, 2.45) is 0 Å². The third-order valence-electron chi connectivity index (χ3n) is 2.61. The minimum atomic E-state index is -0.840. The monoisotopic (exact) mass is 270 g/mol. The summed E-state index contributed by atoms with van der Waals surface area (Å²) in [7, 11) is 3.96. The zero-order valence-electron chi connectivity index (χ0n) is 10.8. The molecule has 8 nitrogen and oxygen atoms in total. The van der Waals surface area contributed by atoms with Crippen LogP contribution in [-0.2, 0) is 23.9 Å². The first-order chi connectivity index (χ1) is 8.88. The molecule has 0 aromatic heterocycles. The summed E-state index contributed by atoms with van der Waals surface area (Å²) in [5.41, 5.74) is 0. The second kappa shape index (κ2) is 5.98. The van der Waals surface area contributed by atoms with E-state index < -0.39 is 29.9 Å². The molecule has 19 heavy (non-hydrogen) atoms. The van der Waals surface area contributed by atoms with E-state index in [1.54, 1.807) is 0 Å². The Bertz CT molecular complexity index is 444. The average molecular weight is 270 g/mol. The topological polar surface area (TPSA) is 93.2 Å². The van der Waals surface area contributed by atoms with Crippen molar-refractivity contribution in [3.05, 3.63) is 12.2 Å². The first kappa shape index (κ1) is 14.7. The molecule has 1 fully saturated rings. The van der Waals surface area contributed by atoms with Crippen molar-refractivity contribution in [1.82, 2.24) is 9.80 Å². The Morgan fingerprint density at radius 2 is 1.79 bits per heavy atom. The highest BCUT2D eigenvalue weighted by Gasteiger charge is 2.41. The zero-order chi connectivity index (χ0) is 14.6. The van der Waals surface area contributed by atoms with Crippen LogP contribution < -0.4 is 0 Å². The van der Waals surface area contributed by atoms with Crippen molar-refractivity contribution < 1.29 is 28.7 Å². The minimum absolute atomic E-state index is 0.268. The van der Waals surface area contributed by atoms with Crippen LogP contribution in [0, 0.1) is 0 Å². The molecule has 1 rings (SSSR count). The van der Waals surface area contributed by atoms with E-state index in [0.29, 0.717) is 0 Å². The normalized spacial score (nSPS) is 19.2. The number of urea groups is 1. The minimum Gasteiger partial charge on any atom is -0.466 e. The number of nitrogens with zero attached hydrogens (tertiary/aromatic N) is 2. The van der Waals surface area contributed by atoms with Crippen molar-refractivity contribution in [3.63, 3.8) is 0 Å². The van der Waals surface area contributed by atoms with Crippen LogP contribution >= 0.6 is 0 Å². The van der Waals surface area contributed by atoms with Crippen LogP contribution in [0.2, 0.25) is 0 Å². The van der Waals surface area contributed by atoms with Gasteiger partial charge in [0.2, 0.25) is 0 Å². The lowest BCUT2D eigenvalue weighted by Gasteiger charge is -2.15. The summed E-state index contributed by atoms with van der Waals surface area (Å²) < 4.78 is 9.08. The summed E-state index contributed by atoms with van der Waals surface area (Å²) in [4.78, 5) is 47.2. The van der Waals surface area contributed by atoms with Crippen molar-refractivity contribution in [3.8, 4) is 0 Å². The fraction of sp³-hybridized carbons (Fsp3) is 0.455. The molecule has 0 radical (unpaired) electrons. The second-order valence-electron chi connectivity index (χ2n) is 3.79. The van der Waals surface area contributed by atoms with Crippen LogP contribution in [0.5, 0.6) is 0 Å². The van der Waals surface area contributed by atoms with E-state index in [2.05, 4.69) is 4.74 Å². The molecule has 1 unspecified atom stereocenters. The Balaban J connectivity index is 2.51. The number of ether oxygens (including phenoxy) is 2. The molecule has 8 heteroatoms. The maximum atomic E-state index is 11.6. The highest BCUT2D eigenvalue weighted by atomic mass is 16.5. The molecule has 1 heterocycles. The van der Waals surface area contributed by atoms with Gasteiger partial charge >= 0.3 is 18.0 Å². The summed E-state index contributed by atoms with van der Waals surface area (Å²) in [5, 5.41) is 0. The molecule has 0 saturated carbocycles. The number of methoxy groups -OCH3 is 1. The van der Waals surface area contributed by atoms with E-state index in [-0.39, 0.29) is 6.61 Å². The van der Waals surface area contributed by atoms with Gasteiger partial charge in [0.15, 0.2) is 0 Å². The van der Waals surface area contributed by atoms with Crippen molar-refractivity contribution in [1.29, 1.82) is 0 Å². The van der Waals surface area contributed by atoms with E-state index >= 15 is 0 Å². The van der Waals surface area contributed by atoms with E-state index in [9.17, 15) is 19.2 Å². The third kappa shape index (κ3) is 3.30. The number of carbonyl (C=O) groups excluding carboxylic acids is 4. The summed E-state index contributed by atoms with van der Waals surface area (Å²) in [6.45, 7) is -0.268. The smallest absolute Gasteiger partial charge is 0.331 e. The quantitative estimate of drug-likeness (QED) is 0.375. The first-order valence-electron chi connectivity index (χ1n) is 5.35. The number of likely N-dealkylation sites (N-methyl/N-ethyl adjacent to an activating group) is 2. The molecule has 0 bridgehead atoms. The van der Waals surface area contributed by atoms with Gasteiger partial charge in [-0.2, -0.15) is 0 Å². The first-order valence-corrected chi connectivity index (χ1v) is 5.35. The molecule has 0 spiro atoms. The van der Waals surface area contributed by atoms with Gasteiger partial charge < -0.3 is 14.4 Å². The van der Waals surface area contributed by atoms with E-state index in [1.165, 1.54) is 26.1 Å². The van der Waals surface area contributed by atoms with E-state index in [0.717, 1.165) is 17.1 Å². The fourth-order valence-electron chi connectivity index (χ4n) is 1.45. The molecular weight excluding hydrogens is 256 g/mol. The van der Waals surface area contributed by atoms with E-state index in [4.69, 9.17) is 4.74 Å². The lowest BCUT2D eigenvalue weighted by Crippen LogP contribution is -2.36. The van der Waals surface area contributed by atoms with Crippen LogP contribution in [-0.4, -0.2) is 67.5 Å². The number of esters is 2. The van der Waals surface area contributed by atoms with Crippen molar-refractivity contribution >= 4 is 23.9 Å². The predicted octanol–water partition coefficient (Wildman–Crippen LogP) is -0.849. The van der Waals surface area contributed by atoms with Crippen LogP contribution in [0.3, 0.4) is 0 Å². The Morgan fingerprint density at radius 1 is 1.21 bits per heavy atom. The molecule has 0 aromatic carbocycles. The SMILES string of the molecule is COC(=O)/C=C/C(=O)OCC1C(=O)N(C)C(=O)N1C. The van der Waals surface area contributed by atoms with E-state index in [1.807, 2.05) is 0 Å². The molecule has 1 aliphatic heterocycles. The average Bonchev–Trinajstić information content (AvgIpc) is 2.58. The third-order valence-corrected chi connectivity index (χ3v) is 2.61. The van der Waals surface area contributed by atoms with Crippen LogP contribution in [0.15, 0.2) is 12.2 Å². The Morgan fingerprint density at radius 3 is 2.26 bits per heavy atom. The zero-order valence-corrected chi connectivity index (χ0v) is 10.8. The number of hydrogen-bond acceptors (Lipinski definition) is 6. The molecule has 0 aliphatic carbocycles. The number of rotatable bonds is 4. The standard InChI is InChI=1S/C11H14N2O6/c1-12-7(10(16)13(2)11(12)17)6-19-9(15)5-4-8(14)18-3/h4-5,7H,6H2,1-3H3/b5-4+. The van der Waals surface area contributed by atoms with Crippen LogP contribution in [0.1, 0.15) is 0 Å². The molecular formula is C11H14N2O6. The van der Waals surface area contributed by atoms with Gasteiger partial charge in [0, 0.05) is 26.2 Å². The van der Waals surface area contributed by atoms with Gasteiger partial charge in [0.25, 0.3) is 5.91 Å². The maximum absolute atomic E-state index is 11.6. The molecule has 0 aromatic rings. The van der Waals surface area contributed by atoms with Gasteiger partial charge in [0.05, 0.1) is 7.11 Å². The van der Waals surface area contributed by atoms with Gasteiger partial charge in [-0.15, -0.1) is 0 Å². The molecule has 0 N–H and O–H groups in total. The molecule has 3 amide bonds. The predicted molar refractivity (Wildman–Crippen MR) is 61.8 cm³/mol. The Hall–Kier alpha value is -2.38. The second-order valence-corrected chi connectivity index (χ2v) is 3.79. The van der Waals surface area contributed by atoms with Gasteiger partial charge in [0.1, 0.15) is 12.6 Å². The van der Waals surface area contributed by atoms with Gasteiger partial charge in [-0.25, -0.2) is 14.4 Å². The van der Waals surface area contributed by atoms with Gasteiger partial charge in [-0.05, 0) is 0 Å². The van der Waals surface area contributed by atoms with Crippen molar-refractivity contribution in [2.75, 3.05) is 27.8 Å². The Kier molecular flexibility index (Phi) is 4.62. The highest BCUT2D eigenvalue weighted by Crippen LogP contribution is 2.13. The molecule has 1 atom stereocenters. The highest BCUT2D eigenvalue weighted by molar-refractivity contribution is 6.04. The van der Waals surface area contributed by atoms with Crippen LogP contribution in [0.25, 0.3) is 0 Å². The van der Waals surface area contributed by atoms with Crippen molar-refractivity contribution in [2.45, 2.75) is 6.04 Å². The molecule has 1 saturated heterocycles. The number of carbonyl (C=O) groups is 4. The molecule has 104 valence electrons. The largest absolute Gasteiger partial charge is 0.466 e. The summed E-state index contributed by atoms with van der Waals surface area (Å²) in [5.74, 6) is -1.94. The lowest BCUT2D eigenvalue weighted by atomic mass is 10.3. The number of hydrogen-bond donors (Lipinski definition) is 0. The van der Waals surface area contributed by atoms with Gasteiger partial charge in [-0.1, -0.05) is 0 Å². The Labute approximate surface area is 109 Å².